The summed E-state index contributed by atoms with van der Waals surface area (Å²) in [7, 11) is -3.49. The van der Waals surface area contributed by atoms with Crippen molar-refractivity contribution in [1.82, 2.24) is 4.72 Å². The van der Waals surface area contributed by atoms with E-state index >= 15 is 0 Å². The molecule has 1 aliphatic carbocycles. The third kappa shape index (κ3) is 2.83. The van der Waals surface area contributed by atoms with Gasteiger partial charge >= 0.3 is 0 Å². The molecule has 20 heavy (non-hydrogen) atoms. The average Bonchev–Trinajstić information content (AvgIpc) is 3.12. The van der Waals surface area contributed by atoms with E-state index < -0.39 is 10.0 Å². The number of anilines is 1. The first-order valence-electron chi connectivity index (χ1n) is 7.04. The van der Waals surface area contributed by atoms with Gasteiger partial charge in [0.05, 0.1) is 4.90 Å². The highest BCUT2D eigenvalue weighted by molar-refractivity contribution is 7.89. The maximum atomic E-state index is 12.5. The number of benzene rings is 1. The summed E-state index contributed by atoms with van der Waals surface area (Å²) >= 11 is 0. The number of aryl methyl sites for hydroxylation is 1. The van der Waals surface area contributed by atoms with Crippen LogP contribution in [0.3, 0.4) is 0 Å². The van der Waals surface area contributed by atoms with Gasteiger partial charge in [-0.3, -0.25) is 0 Å². The molecule has 0 spiro atoms. The zero-order chi connectivity index (χ0) is 15.1. The molecule has 1 aromatic rings. The first-order valence-corrected chi connectivity index (χ1v) is 8.53. The fraction of sp³-hybridized carbons (Fsp3) is 0.600. The van der Waals surface area contributed by atoms with E-state index in [1.807, 2.05) is 13.8 Å². The van der Waals surface area contributed by atoms with Crippen molar-refractivity contribution in [2.24, 2.45) is 11.3 Å². The molecule has 0 unspecified atom stereocenters. The van der Waals surface area contributed by atoms with E-state index in [2.05, 4.69) is 18.6 Å². The van der Waals surface area contributed by atoms with Crippen LogP contribution in [0.4, 0.5) is 5.69 Å². The zero-order valence-corrected chi connectivity index (χ0v) is 13.5. The van der Waals surface area contributed by atoms with E-state index in [-0.39, 0.29) is 5.41 Å². The van der Waals surface area contributed by atoms with Gasteiger partial charge < -0.3 is 5.73 Å². The second kappa shape index (κ2) is 5.04. The van der Waals surface area contributed by atoms with Gasteiger partial charge in [0.25, 0.3) is 0 Å². The molecule has 112 valence electrons. The van der Waals surface area contributed by atoms with Crippen molar-refractivity contribution in [3.05, 3.63) is 23.3 Å². The van der Waals surface area contributed by atoms with Crippen LogP contribution in [0.1, 0.15) is 37.8 Å². The minimum atomic E-state index is -3.49. The molecule has 0 bridgehead atoms. The SMILES string of the molecule is Cc1cc(N)cc(S(=O)(=O)NCC2(C(C)C)CC2)c1C. The van der Waals surface area contributed by atoms with Gasteiger partial charge in [0, 0.05) is 12.2 Å². The lowest BCUT2D eigenvalue weighted by atomic mass is 9.93. The molecule has 0 saturated heterocycles. The van der Waals surface area contributed by atoms with E-state index in [0.717, 1.165) is 24.0 Å². The highest BCUT2D eigenvalue weighted by Gasteiger charge is 2.45. The number of nitrogens with one attached hydrogen (secondary N) is 1. The highest BCUT2D eigenvalue weighted by Crippen LogP contribution is 2.51. The van der Waals surface area contributed by atoms with Crippen LogP contribution in [0.25, 0.3) is 0 Å². The second-order valence-corrected chi connectivity index (χ2v) is 8.04. The molecule has 0 aliphatic heterocycles. The number of hydrogen-bond donors (Lipinski definition) is 2. The smallest absolute Gasteiger partial charge is 0.240 e. The van der Waals surface area contributed by atoms with Crippen molar-refractivity contribution in [2.45, 2.75) is 45.4 Å². The molecule has 4 nitrogen and oxygen atoms in total. The monoisotopic (exact) mass is 296 g/mol. The van der Waals surface area contributed by atoms with Crippen molar-refractivity contribution in [3.63, 3.8) is 0 Å². The third-order valence-electron chi connectivity index (χ3n) is 4.66. The van der Waals surface area contributed by atoms with Gasteiger partial charge in [0.2, 0.25) is 10.0 Å². The second-order valence-electron chi connectivity index (χ2n) is 6.30. The minimum absolute atomic E-state index is 0.149. The number of nitrogens with two attached hydrogens (primary N) is 1. The van der Waals surface area contributed by atoms with Gasteiger partial charge in [0.15, 0.2) is 0 Å². The Bertz CT molecular complexity index is 617. The first-order chi connectivity index (χ1) is 9.18. The summed E-state index contributed by atoms with van der Waals surface area (Å²) in [5.74, 6) is 0.494. The van der Waals surface area contributed by atoms with Crippen LogP contribution >= 0.6 is 0 Å². The average molecular weight is 296 g/mol. The Kier molecular flexibility index (Phi) is 3.86. The molecule has 2 rings (SSSR count). The lowest BCUT2D eigenvalue weighted by Gasteiger charge is -2.20. The topological polar surface area (TPSA) is 72.2 Å². The highest BCUT2D eigenvalue weighted by atomic mass is 32.2. The Morgan fingerprint density at radius 1 is 1.30 bits per heavy atom. The van der Waals surface area contributed by atoms with Crippen LogP contribution in [-0.4, -0.2) is 15.0 Å². The molecule has 0 aromatic heterocycles. The molecule has 3 N–H and O–H groups in total. The quantitative estimate of drug-likeness (QED) is 0.820. The van der Waals surface area contributed by atoms with Crippen LogP contribution < -0.4 is 10.5 Å². The van der Waals surface area contributed by atoms with E-state index in [1.54, 1.807) is 12.1 Å². The van der Waals surface area contributed by atoms with Crippen LogP contribution in [-0.2, 0) is 10.0 Å². The fourth-order valence-electron chi connectivity index (χ4n) is 2.57. The number of rotatable bonds is 5. The van der Waals surface area contributed by atoms with Gasteiger partial charge in [-0.1, -0.05) is 13.8 Å². The Hall–Kier alpha value is -1.07. The van der Waals surface area contributed by atoms with E-state index in [4.69, 9.17) is 5.73 Å². The Morgan fingerprint density at radius 2 is 1.90 bits per heavy atom. The predicted octanol–water partition coefficient (Wildman–Crippen LogP) is 2.60. The summed E-state index contributed by atoms with van der Waals surface area (Å²) < 4.78 is 27.7. The maximum absolute atomic E-state index is 12.5. The van der Waals surface area contributed by atoms with Crippen molar-refractivity contribution in [3.8, 4) is 0 Å². The van der Waals surface area contributed by atoms with Gasteiger partial charge in [-0.25, -0.2) is 13.1 Å². The summed E-state index contributed by atoms with van der Waals surface area (Å²) in [5.41, 5.74) is 8.07. The fourth-order valence-corrected chi connectivity index (χ4v) is 4.06. The number of hydrogen-bond acceptors (Lipinski definition) is 3. The van der Waals surface area contributed by atoms with Gasteiger partial charge in [0.1, 0.15) is 0 Å². The lowest BCUT2D eigenvalue weighted by Crippen LogP contribution is -2.33. The summed E-state index contributed by atoms with van der Waals surface area (Å²) in [6.45, 7) is 8.51. The van der Waals surface area contributed by atoms with Gasteiger partial charge in [-0.2, -0.15) is 0 Å². The van der Waals surface area contributed by atoms with Crippen molar-refractivity contribution in [1.29, 1.82) is 0 Å². The van der Waals surface area contributed by atoms with Crippen LogP contribution in [0.15, 0.2) is 17.0 Å². The van der Waals surface area contributed by atoms with E-state index in [9.17, 15) is 8.42 Å². The predicted molar refractivity (Wildman–Crippen MR) is 82.0 cm³/mol. The van der Waals surface area contributed by atoms with Crippen LogP contribution in [0.2, 0.25) is 0 Å². The van der Waals surface area contributed by atoms with Crippen LogP contribution in [0, 0.1) is 25.2 Å². The van der Waals surface area contributed by atoms with Crippen molar-refractivity contribution in [2.75, 3.05) is 12.3 Å². The number of nitrogen functional groups attached to an aromatic ring is 1. The normalized spacial score (nSPS) is 17.4. The molecule has 1 aromatic carbocycles. The molecule has 1 saturated carbocycles. The zero-order valence-electron chi connectivity index (χ0n) is 12.7. The van der Waals surface area contributed by atoms with Gasteiger partial charge in [-0.05, 0) is 61.3 Å². The molecular weight excluding hydrogens is 272 g/mol. The maximum Gasteiger partial charge on any atom is 0.240 e. The standard InChI is InChI=1S/C15H24N2O2S/c1-10(2)15(5-6-15)9-17-20(18,19)14-8-13(16)7-11(3)12(14)4/h7-8,10,17H,5-6,9,16H2,1-4H3. The molecule has 1 aliphatic rings. The Morgan fingerprint density at radius 3 is 2.40 bits per heavy atom. The third-order valence-corrected chi connectivity index (χ3v) is 6.19. The number of sulfonamides is 1. The Labute approximate surface area is 121 Å². The summed E-state index contributed by atoms with van der Waals surface area (Å²) in [4.78, 5) is 0.301. The lowest BCUT2D eigenvalue weighted by molar-refractivity contribution is 0.357. The van der Waals surface area contributed by atoms with Crippen molar-refractivity contribution >= 4 is 15.7 Å². The minimum Gasteiger partial charge on any atom is -0.399 e. The summed E-state index contributed by atoms with van der Waals surface area (Å²) in [6.07, 6.45) is 2.20. The summed E-state index contributed by atoms with van der Waals surface area (Å²) in [6, 6.07) is 3.34. The first kappa shape index (κ1) is 15.3. The van der Waals surface area contributed by atoms with Gasteiger partial charge in [-0.15, -0.1) is 0 Å². The molecule has 0 radical (unpaired) electrons. The van der Waals surface area contributed by atoms with Crippen molar-refractivity contribution < 1.29 is 8.42 Å². The molecule has 0 heterocycles. The molecule has 0 atom stereocenters. The summed E-state index contributed by atoms with van der Waals surface area (Å²) in [5, 5.41) is 0. The Balaban J connectivity index is 2.23. The molecule has 1 fully saturated rings. The van der Waals surface area contributed by atoms with E-state index in [0.29, 0.717) is 23.0 Å². The van der Waals surface area contributed by atoms with E-state index in [1.165, 1.54) is 0 Å². The largest absolute Gasteiger partial charge is 0.399 e. The molecular formula is C15H24N2O2S. The van der Waals surface area contributed by atoms with Crippen LogP contribution in [0.5, 0.6) is 0 Å². The molecule has 5 heteroatoms. The molecule has 0 amide bonds.